The fraction of sp³-hybridized carbons (Fsp3) is 0.462. The highest BCUT2D eigenvalue weighted by atomic mass is 16.2. The summed E-state index contributed by atoms with van der Waals surface area (Å²) in [6, 6.07) is 15.9. The number of amides is 2. The van der Waals surface area contributed by atoms with Crippen LogP contribution in [0.15, 0.2) is 48.5 Å². The highest BCUT2D eigenvalue weighted by Gasteiger charge is 2.36. The summed E-state index contributed by atoms with van der Waals surface area (Å²) < 4.78 is 0. The zero-order chi connectivity index (χ0) is 20.5. The Labute approximate surface area is 178 Å². The SMILES string of the molecule is O=C(c1ccc(C(=O)N2CCC[C@H]3CCCC[C@@H]32)cc1)N1CCCc2ccccc21. The third-order valence-corrected chi connectivity index (χ3v) is 7.24. The Morgan fingerprint density at radius 3 is 2.27 bits per heavy atom. The number of fused-ring (bicyclic) bond motifs is 2. The Kier molecular flexibility index (Phi) is 5.32. The van der Waals surface area contributed by atoms with E-state index in [2.05, 4.69) is 11.0 Å². The van der Waals surface area contributed by atoms with Crippen molar-refractivity contribution in [3.63, 3.8) is 0 Å². The number of anilines is 1. The number of hydrogen-bond acceptors (Lipinski definition) is 2. The molecule has 2 amide bonds. The van der Waals surface area contributed by atoms with Gasteiger partial charge in [0.25, 0.3) is 11.8 Å². The fourth-order valence-electron chi connectivity index (χ4n) is 5.70. The number of piperidine rings is 1. The lowest BCUT2D eigenvalue weighted by atomic mass is 9.78. The zero-order valence-corrected chi connectivity index (χ0v) is 17.6. The maximum absolute atomic E-state index is 13.2. The summed E-state index contributed by atoms with van der Waals surface area (Å²) in [5.41, 5.74) is 3.61. The van der Waals surface area contributed by atoms with Gasteiger partial charge in [-0.15, -0.1) is 0 Å². The number of likely N-dealkylation sites (tertiary alicyclic amines) is 1. The average Bonchev–Trinajstić information content (AvgIpc) is 2.82. The van der Waals surface area contributed by atoms with Gasteiger partial charge in [-0.05, 0) is 80.3 Å². The summed E-state index contributed by atoms with van der Waals surface area (Å²) in [5, 5.41) is 0. The summed E-state index contributed by atoms with van der Waals surface area (Å²) in [5.74, 6) is 0.830. The summed E-state index contributed by atoms with van der Waals surface area (Å²) in [4.78, 5) is 30.4. The Morgan fingerprint density at radius 2 is 1.43 bits per heavy atom. The van der Waals surface area contributed by atoms with Gasteiger partial charge in [0.1, 0.15) is 0 Å². The quantitative estimate of drug-likeness (QED) is 0.703. The molecule has 5 rings (SSSR count). The van der Waals surface area contributed by atoms with Crippen LogP contribution in [0.3, 0.4) is 0 Å². The van der Waals surface area contributed by atoms with Crippen LogP contribution in [0.4, 0.5) is 5.69 Å². The van der Waals surface area contributed by atoms with Crippen LogP contribution in [0.5, 0.6) is 0 Å². The van der Waals surface area contributed by atoms with Gasteiger partial charge in [0.2, 0.25) is 0 Å². The molecule has 1 saturated heterocycles. The molecule has 2 heterocycles. The summed E-state index contributed by atoms with van der Waals surface area (Å²) in [7, 11) is 0. The van der Waals surface area contributed by atoms with Crippen LogP contribution in [0, 0.1) is 5.92 Å². The molecule has 4 nitrogen and oxygen atoms in total. The van der Waals surface area contributed by atoms with E-state index >= 15 is 0 Å². The predicted molar refractivity (Wildman–Crippen MR) is 119 cm³/mol. The molecule has 0 unspecified atom stereocenters. The minimum absolute atomic E-state index is 0.0199. The number of rotatable bonds is 2. The number of carbonyl (C=O) groups is 2. The lowest BCUT2D eigenvalue weighted by molar-refractivity contribution is 0.0390. The minimum Gasteiger partial charge on any atom is -0.335 e. The molecular formula is C26H30N2O2. The van der Waals surface area contributed by atoms with Gasteiger partial charge in [-0.1, -0.05) is 31.0 Å². The molecule has 1 aliphatic carbocycles. The number of hydrogen-bond donors (Lipinski definition) is 0. The number of benzene rings is 2. The van der Waals surface area contributed by atoms with Crippen molar-refractivity contribution in [1.82, 2.24) is 4.90 Å². The van der Waals surface area contributed by atoms with Crippen LogP contribution in [0.2, 0.25) is 0 Å². The van der Waals surface area contributed by atoms with Gasteiger partial charge in [0, 0.05) is 35.9 Å². The Hall–Kier alpha value is -2.62. The smallest absolute Gasteiger partial charge is 0.258 e. The standard InChI is InChI=1S/C26H30N2O2/c29-25(27-17-5-9-19-7-1-3-11-23(19)27)21-13-15-22(16-14-21)26(30)28-18-6-10-20-8-2-4-12-24(20)28/h1,3,7,11,13-16,20,24H,2,4-6,8-10,12,17-18H2/t20-,24+/m1/s1. The molecule has 2 aromatic rings. The maximum atomic E-state index is 13.2. The third kappa shape index (κ3) is 3.53. The van der Waals surface area contributed by atoms with E-state index < -0.39 is 0 Å². The van der Waals surface area contributed by atoms with Crippen molar-refractivity contribution in [3.8, 4) is 0 Å². The molecule has 0 spiro atoms. The largest absolute Gasteiger partial charge is 0.335 e. The molecule has 30 heavy (non-hydrogen) atoms. The van der Waals surface area contributed by atoms with Crippen molar-refractivity contribution < 1.29 is 9.59 Å². The van der Waals surface area contributed by atoms with Gasteiger partial charge in [0.05, 0.1) is 0 Å². The average molecular weight is 403 g/mol. The summed E-state index contributed by atoms with van der Waals surface area (Å²) >= 11 is 0. The highest BCUT2D eigenvalue weighted by molar-refractivity contribution is 6.07. The normalized spacial score (nSPS) is 23.5. The van der Waals surface area contributed by atoms with Gasteiger partial charge in [-0.2, -0.15) is 0 Å². The molecule has 4 heteroatoms. The van der Waals surface area contributed by atoms with Crippen molar-refractivity contribution >= 4 is 17.5 Å². The van der Waals surface area contributed by atoms with Crippen molar-refractivity contribution in [2.75, 3.05) is 18.0 Å². The first-order valence-corrected chi connectivity index (χ1v) is 11.5. The lowest BCUT2D eigenvalue weighted by Crippen LogP contribution is -2.49. The summed E-state index contributed by atoms with van der Waals surface area (Å²) in [6.45, 7) is 1.61. The van der Waals surface area contributed by atoms with Crippen LogP contribution in [-0.4, -0.2) is 35.8 Å². The lowest BCUT2D eigenvalue weighted by Gasteiger charge is -2.44. The topological polar surface area (TPSA) is 40.6 Å². The number of nitrogens with zero attached hydrogens (tertiary/aromatic N) is 2. The molecule has 2 atom stereocenters. The molecule has 2 fully saturated rings. The van der Waals surface area contributed by atoms with E-state index in [1.54, 1.807) is 0 Å². The van der Waals surface area contributed by atoms with Gasteiger partial charge in [-0.25, -0.2) is 0 Å². The van der Waals surface area contributed by atoms with Crippen LogP contribution in [0.25, 0.3) is 0 Å². The van der Waals surface area contributed by atoms with Crippen molar-refractivity contribution in [2.24, 2.45) is 5.92 Å². The second-order valence-electron chi connectivity index (χ2n) is 9.02. The van der Waals surface area contributed by atoms with E-state index in [1.165, 1.54) is 31.2 Å². The zero-order valence-electron chi connectivity index (χ0n) is 17.6. The highest BCUT2D eigenvalue weighted by Crippen LogP contribution is 2.36. The van der Waals surface area contributed by atoms with E-state index in [0.717, 1.165) is 44.5 Å². The molecule has 0 bridgehead atoms. The molecule has 1 saturated carbocycles. The molecule has 0 N–H and O–H groups in total. The Bertz CT molecular complexity index is 934. The molecule has 2 aliphatic heterocycles. The maximum Gasteiger partial charge on any atom is 0.258 e. The van der Waals surface area contributed by atoms with Crippen LogP contribution in [0.1, 0.15) is 71.2 Å². The molecular weight excluding hydrogens is 372 g/mol. The first kappa shape index (κ1) is 19.3. The molecule has 2 aromatic carbocycles. The summed E-state index contributed by atoms with van der Waals surface area (Å²) in [6.07, 6.45) is 9.31. The van der Waals surface area contributed by atoms with Gasteiger partial charge in [-0.3, -0.25) is 9.59 Å². The van der Waals surface area contributed by atoms with Gasteiger partial charge >= 0.3 is 0 Å². The van der Waals surface area contributed by atoms with Gasteiger partial charge in [0.15, 0.2) is 0 Å². The third-order valence-electron chi connectivity index (χ3n) is 7.24. The second-order valence-corrected chi connectivity index (χ2v) is 9.02. The van der Waals surface area contributed by atoms with Gasteiger partial charge < -0.3 is 9.80 Å². The Balaban J connectivity index is 1.33. The minimum atomic E-state index is 0.0199. The van der Waals surface area contributed by atoms with Crippen LogP contribution in [-0.2, 0) is 6.42 Å². The predicted octanol–water partition coefficient (Wildman–Crippen LogP) is 5.07. The monoisotopic (exact) mass is 402 g/mol. The van der Waals surface area contributed by atoms with E-state index in [1.807, 2.05) is 47.4 Å². The van der Waals surface area contributed by atoms with E-state index in [4.69, 9.17) is 0 Å². The molecule has 0 radical (unpaired) electrons. The molecule has 0 aromatic heterocycles. The number of aryl methyl sites for hydroxylation is 1. The van der Waals surface area contributed by atoms with E-state index in [0.29, 0.717) is 23.1 Å². The van der Waals surface area contributed by atoms with E-state index in [-0.39, 0.29) is 11.8 Å². The van der Waals surface area contributed by atoms with Crippen LogP contribution < -0.4 is 4.90 Å². The number of para-hydroxylation sites is 1. The Morgan fingerprint density at radius 1 is 0.733 bits per heavy atom. The van der Waals surface area contributed by atoms with Crippen molar-refractivity contribution in [1.29, 1.82) is 0 Å². The number of carbonyl (C=O) groups excluding carboxylic acids is 2. The molecule has 156 valence electrons. The molecule has 3 aliphatic rings. The van der Waals surface area contributed by atoms with E-state index in [9.17, 15) is 9.59 Å². The first-order chi connectivity index (χ1) is 14.7. The first-order valence-electron chi connectivity index (χ1n) is 11.5. The van der Waals surface area contributed by atoms with Crippen molar-refractivity contribution in [2.45, 2.75) is 57.4 Å². The van der Waals surface area contributed by atoms with Crippen molar-refractivity contribution in [3.05, 3.63) is 65.2 Å². The van der Waals surface area contributed by atoms with Crippen LogP contribution >= 0.6 is 0 Å². The second kappa shape index (κ2) is 8.25. The fourth-order valence-corrected chi connectivity index (χ4v) is 5.70.